The van der Waals surface area contributed by atoms with Gasteiger partial charge in [-0.1, -0.05) is 29.8 Å². The second-order valence-corrected chi connectivity index (χ2v) is 4.82. The molecule has 1 N–H and O–H groups in total. The van der Waals surface area contributed by atoms with Crippen LogP contribution in [0.4, 0.5) is 13.2 Å². The summed E-state index contributed by atoms with van der Waals surface area (Å²) in [5.41, 5.74) is 1.21. The zero-order valence-corrected chi connectivity index (χ0v) is 11.5. The minimum atomic E-state index is -2.89. The van der Waals surface area contributed by atoms with Crippen LogP contribution >= 0.6 is 11.6 Å². The molecule has 2 rings (SSSR count). The van der Waals surface area contributed by atoms with Crippen LogP contribution in [0, 0.1) is 5.82 Å². The molecular weight excluding hydrogens is 305 g/mol. The van der Waals surface area contributed by atoms with Crippen LogP contribution in [0.25, 0.3) is 0 Å². The fourth-order valence-electron chi connectivity index (χ4n) is 1.88. The van der Waals surface area contributed by atoms with E-state index in [1.165, 1.54) is 42.5 Å². The van der Waals surface area contributed by atoms with Crippen LogP contribution in [0.3, 0.4) is 0 Å². The van der Waals surface area contributed by atoms with Crippen molar-refractivity contribution in [3.63, 3.8) is 0 Å². The molecule has 0 saturated heterocycles. The molecule has 0 aliphatic carbocycles. The SMILES string of the molecule is OC(Cc1ccc(F)c(Cl)c1)c1ccc(OC(F)F)cc1. The van der Waals surface area contributed by atoms with Crippen molar-refractivity contribution < 1.29 is 23.0 Å². The minimum absolute atomic E-state index is 0.0135. The summed E-state index contributed by atoms with van der Waals surface area (Å²) < 4.78 is 41.3. The van der Waals surface area contributed by atoms with Crippen molar-refractivity contribution in [3.05, 3.63) is 64.4 Å². The summed E-state index contributed by atoms with van der Waals surface area (Å²) in [7, 11) is 0. The maximum atomic E-state index is 13.0. The lowest BCUT2D eigenvalue weighted by molar-refractivity contribution is -0.0498. The lowest BCUT2D eigenvalue weighted by Gasteiger charge is -2.12. The molecule has 6 heteroatoms. The lowest BCUT2D eigenvalue weighted by Crippen LogP contribution is -2.04. The van der Waals surface area contributed by atoms with E-state index in [2.05, 4.69) is 4.74 Å². The first-order valence-corrected chi connectivity index (χ1v) is 6.50. The second-order valence-electron chi connectivity index (χ2n) is 4.42. The number of ether oxygens (including phenoxy) is 1. The topological polar surface area (TPSA) is 29.5 Å². The van der Waals surface area contributed by atoms with Crippen LogP contribution in [0.2, 0.25) is 5.02 Å². The largest absolute Gasteiger partial charge is 0.435 e. The molecule has 1 atom stereocenters. The zero-order chi connectivity index (χ0) is 15.4. The zero-order valence-electron chi connectivity index (χ0n) is 10.8. The van der Waals surface area contributed by atoms with E-state index in [-0.39, 0.29) is 17.2 Å². The van der Waals surface area contributed by atoms with Crippen LogP contribution < -0.4 is 4.74 Å². The van der Waals surface area contributed by atoms with Crippen molar-refractivity contribution in [1.82, 2.24) is 0 Å². The van der Waals surface area contributed by atoms with E-state index in [1.54, 1.807) is 0 Å². The Balaban J connectivity index is 2.05. The summed E-state index contributed by atoms with van der Waals surface area (Å²) in [6.07, 6.45) is -0.623. The van der Waals surface area contributed by atoms with Crippen molar-refractivity contribution in [1.29, 1.82) is 0 Å². The van der Waals surface area contributed by atoms with Crippen molar-refractivity contribution in [2.75, 3.05) is 0 Å². The highest BCUT2D eigenvalue weighted by atomic mass is 35.5. The molecular formula is C15H12ClF3O2. The van der Waals surface area contributed by atoms with Crippen LogP contribution in [0.1, 0.15) is 17.2 Å². The fraction of sp³-hybridized carbons (Fsp3) is 0.200. The van der Waals surface area contributed by atoms with Crippen LogP contribution in [0.5, 0.6) is 5.75 Å². The summed E-state index contributed by atoms with van der Waals surface area (Å²) in [6, 6.07) is 9.88. The molecule has 2 aromatic carbocycles. The maximum Gasteiger partial charge on any atom is 0.387 e. The predicted octanol–water partition coefficient (Wildman–Crippen LogP) is 4.36. The highest BCUT2D eigenvalue weighted by Gasteiger charge is 2.11. The number of alkyl halides is 2. The molecule has 0 saturated carbocycles. The van der Waals surface area contributed by atoms with Crippen LogP contribution in [0.15, 0.2) is 42.5 Å². The Bertz CT molecular complexity index is 602. The molecule has 0 aliphatic rings. The van der Waals surface area contributed by atoms with Crippen LogP contribution in [-0.2, 0) is 6.42 Å². The highest BCUT2D eigenvalue weighted by Crippen LogP contribution is 2.24. The van der Waals surface area contributed by atoms with E-state index in [1.807, 2.05) is 0 Å². The van der Waals surface area contributed by atoms with Gasteiger partial charge in [0.25, 0.3) is 0 Å². The summed E-state index contributed by atoms with van der Waals surface area (Å²) in [5, 5.41) is 10.1. The van der Waals surface area contributed by atoms with Gasteiger partial charge in [0.15, 0.2) is 0 Å². The molecule has 0 bridgehead atoms. The van der Waals surface area contributed by atoms with E-state index < -0.39 is 18.5 Å². The number of aliphatic hydroxyl groups excluding tert-OH is 1. The standard InChI is InChI=1S/C15H12ClF3O2/c16-12-7-9(1-6-13(12)17)8-14(20)10-2-4-11(5-3-10)21-15(18)19/h1-7,14-15,20H,8H2. The molecule has 0 fully saturated rings. The van der Waals surface area contributed by atoms with E-state index in [4.69, 9.17) is 11.6 Å². The van der Waals surface area contributed by atoms with Gasteiger partial charge >= 0.3 is 6.61 Å². The summed E-state index contributed by atoms with van der Waals surface area (Å²) in [6.45, 7) is -2.89. The van der Waals surface area contributed by atoms with E-state index in [0.717, 1.165) is 0 Å². The summed E-state index contributed by atoms with van der Waals surface area (Å²) in [5.74, 6) is -0.505. The van der Waals surface area contributed by atoms with Gasteiger partial charge in [-0.25, -0.2) is 4.39 Å². The van der Waals surface area contributed by atoms with Gasteiger partial charge in [-0.2, -0.15) is 8.78 Å². The smallest absolute Gasteiger partial charge is 0.387 e. The number of hydrogen-bond acceptors (Lipinski definition) is 2. The van der Waals surface area contributed by atoms with Crippen molar-refractivity contribution >= 4 is 11.6 Å². The second kappa shape index (κ2) is 6.83. The number of aliphatic hydroxyl groups is 1. The molecule has 0 aromatic heterocycles. The van der Waals surface area contributed by atoms with Gasteiger partial charge in [-0.05, 0) is 35.4 Å². The van der Waals surface area contributed by atoms with Gasteiger partial charge in [-0.3, -0.25) is 0 Å². The third kappa shape index (κ3) is 4.37. The van der Waals surface area contributed by atoms with Crippen molar-refractivity contribution in [2.45, 2.75) is 19.1 Å². The molecule has 0 aliphatic heterocycles. The Hall–Kier alpha value is -1.72. The Morgan fingerprint density at radius 2 is 1.76 bits per heavy atom. The molecule has 0 heterocycles. The van der Waals surface area contributed by atoms with Crippen molar-refractivity contribution in [2.24, 2.45) is 0 Å². The Kier molecular flexibility index (Phi) is 5.09. The molecule has 2 nitrogen and oxygen atoms in total. The number of halogens is 4. The maximum absolute atomic E-state index is 13.0. The van der Waals surface area contributed by atoms with E-state index in [0.29, 0.717) is 11.1 Å². The average molecular weight is 317 g/mol. The number of hydrogen-bond donors (Lipinski definition) is 1. The van der Waals surface area contributed by atoms with E-state index in [9.17, 15) is 18.3 Å². The first-order valence-electron chi connectivity index (χ1n) is 6.12. The third-order valence-corrected chi connectivity index (χ3v) is 3.19. The molecule has 1 unspecified atom stereocenters. The van der Waals surface area contributed by atoms with Gasteiger partial charge < -0.3 is 9.84 Å². The predicted molar refractivity (Wildman–Crippen MR) is 73.1 cm³/mol. The van der Waals surface area contributed by atoms with Gasteiger partial charge in [0, 0.05) is 6.42 Å². The Labute approximate surface area is 124 Å². The minimum Gasteiger partial charge on any atom is -0.435 e. The highest BCUT2D eigenvalue weighted by molar-refractivity contribution is 6.30. The first-order chi connectivity index (χ1) is 9.95. The third-order valence-electron chi connectivity index (χ3n) is 2.90. The first kappa shape index (κ1) is 15.7. The molecule has 0 amide bonds. The molecule has 2 aromatic rings. The summed E-state index contributed by atoms with van der Waals surface area (Å²) in [4.78, 5) is 0. The summed E-state index contributed by atoms with van der Waals surface area (Å²) >= 11 is 5.67. The van der Waals surface area contributed by atoms with Gasteiger partial charge in [0.05, 0.1) is 11.1 Å². The monoisotopic (exact) mass is 316 g/mol. The van der Waals surface area contributed by atoms with Gasteiger partial charge in [0.2, 0.25) is 0 Å². The number of rotatable bonds is 5. The van der Waals surface area contributed by atoms with Gasteiger partial charge in [0.1, 0.15) is 11.6 Å². The molecule has 0 radical (unpaired) electrons. The Morgan fingerprint density at radius 3 is 2.33 bits per heavy atom. The number of benzene rings is 2. The van der Waals surface area contributed by atoms with E-state index >= 15 is 0 Å². The molecule has 112 valence electrons. The Morgan fingerprint density at radius 1 is 1.10 bits per heavy atom. The van der Waals surface area contributed by atoms with Crippen LogP contribution in [-0.4, -0.2) is 11.7 Å². The normalized spacial score (nSPS) is 12.5. The fourth-order valence-corrected chi connectivity index (χ4v) is 2.08. The lowest BCUT2D eigenvalue weighted by atomic mass is 10.0. The molecule has 0 spiro atoms. The molecule has 21 heavy (non-hydrogen) atoms. The average Bonchev–Trinajstić information content (AvgIpc) is 2.43. The quantitative estimate of drug-likeness (QED) is 0.888. The van der Waals surface area contributed by atoms with Gasteiger partial charge in [-0.15, -0.1) is 0 Å². The van der Waals surface area contributed by atoms with Crippen molar-refractivity contribution in [3.8, 4) is 5.75 Å².